The zero-order valence-corrected chi connectivity index (χ0v) is 19.7. The van der Waals surface area contributed by atoms with Crippen LogP contribution in [0.5, 0.6) is 11.5 Å². The summed E-state index contributed by atoms with van der Waals surface area (Å²) in [5, 5.41) is 4.26. The maximum Gasteiger partial charge on any atom is 0.276 e. The van der Waals surface area contributed by atoms with E-state index in [9.17, 15) is 4.79 Å². The zero-order chi connectivity index (χ0) is 22.7. The highest BCUT2D eigenvalue weighted by Gasteiger charge is 2.33. The molecule has 2 aromatic carbocycles. The molecule has 0 radical (unpaired) electrons. The van der Waals surface area contributed by atoms with Crippen LogP contribution in [0.15, 0.2) is 42.1 Å². The Balaban J connectivity index is 1.52. The van der Waals surface area contributed by atoms with Crippen molar-refractivity contribution in [3.63, 3.8) is 0 Å². The molecule has 2 aromatic rings. The summed E-state index contributed by atoms with van der Waals surface area (Å²) in [5.41, 5.74) is 1.99. The highest BCUT2D eigenvalue weighted by Crippen LogP contribution is 2.34. The molecule has 1 amide bonds. The van der Waals surface area contributed by atoms with Crippen molar-refractivity contribution in [2.75, 3.05) is 20.3 Å². The largest absolute Gasteiger partial charge is 0.496 e. The van der Waals surface area contributed by atoms with Crippen LogP contribution in [-0.2, 0) is 16.1 Å². The van der Waals surface area contributed by atoms with Gasteiger partial charge in [-0.15, -0.1) is 0 Å². The SMILES string of the molecule is COc1ccc(/C=C2/NC(=S)N(CC3CCCO3)C2=O)cc1COc1c(Cl)cccc1Cl. The van der Waals surface area contributed by atoms with Crippen molar-refractivity contribution in [1.29, 1.82) is 0 Å². The van der Waals surface area contributed by atoms with E-state index in [1.54, 1.807) is 36.3 Å². The van der Waals surface area contributed by atoms with Gasteiger partial charge >= 0.3 is 0 Å². The lowest BCUT2D eigenvalue weighted by Crippen LogP contribution is -2.37. The van der Waals surface area contributed by atoms with Crippen LogP contribution in [0.2, 0.25) is 10.0 Å². The average Bonchev–Trinajstić information content (AvgIpc) is 3.38. The van der Waals surface area contributed by atoms with E-state index < -0.39 is 0 Å². The van der Waals surface area contributed by atoms with Crippen LogP contribution in [0.3, 0.4) is 0 Å². The van der Waals surface area contributed by atoms with Gasteiger partial charge in [-0.05, 0) is 61.0 Å². The molecule has 0 aliphatic carbocycles. The number of methoxy groups -OCH3 is 1. The fourth-order valence-electron chi connectivity index (χ4n) is 3.67. The summed E-state index contributed by atoms with van der Waals surface area (Å²) in [4.78, 5) is 14.4. The molecule has 0 bridgehead atoms. The first-order valence-corrected chi connectivity index (χ1v) is 11.3. The van der Waals surface area contributed by atoms with Crippen LogP contribution in [0, 0.1) is 0 Å². The lowest BCUT2D eigenvalue weighted by atomic mass is 10.1. The fraction of sp³-hybridized carbons (Fsp3) is 0.304. The van der Waals surface area contributed by atoms with Crippen LogP contribution in [-0.4, -0.2) is 42.3 Å². The monoisotopic (exact) mass is 492 g/mol. The molecule has 2 heterocycles. The number of para-hydroxylation sites is 1. The predicted octanol–water partition coefficient (Wildman–Crippen LogP) is 4.82. The number of carbonyl (C=O) groups is 1. The molecule has 168 valence electrons. The number of nitrogens with one attached hydrogen (secondary N) is 1. The number of hydrogen-bond donors (Lipinski definition) is 1. The van der Waals surface area contributed by atoms with Gasteiger partial charge in [-0.25, -0.2) is 0 Å². The van der Waals surface area contributed by atoms with Gasteiger partial charge in [0, 0.05) is 12.2 Å². The topological polar surface area (TPSA) is 60.0 Å². The van der Waals surface area contributed by atoms with E-state index in [1.165, 1.54) is 0 Å². The Morgan fingerprint density at radius 2 is 2.06 bits per heavy atom. The van der Waals surface area contributed by atoms with Gasteiger partial charge < -0.3 is 19.5 Å². The smallest absolute Gasteiger partial charge is 0.276 e. The van der Waals surface area contributed by atoms with Gasteiger partial charge in [-0.2, -0.15) is 0 Å². The Hall–Kier alpha value is -2.32. The molecule has 2 aliphatic heterocycles. The Kier molecular flexibility index (Phi) is 7.20. The van der Waals surface area contributed by atoms with E-state index in [-0.39, 0.29) is 18.6 Å². The van der Waals surface area contributed by atoms with E-state index in [1.807, 2.05) is 18.2 Å². The number of amides is 1. The minimum Gasteiger partial charge on any atom is -0.496 e. The Bertz CT molecular complexity index is 1050. The van der Waals surface area contributed by atoms with Crippen molar-refractivity contribution >= 4 is 52.5 Å². The first-order valence-electron chi connectivity index (χ1n) is 10.2. The average molecular weight is 493 g/mol. The number of thiocarbonyl (C=S) groups is 1. The molecule has 0 saturated carbocycles. The number of halogens is 2. The minimum absolute atomic E-state index is 0.0272. The summed E-state index contributed by atoms with van der Waals surface area (Å²) < 4.78 is 17.0. The summed E-state index contributed by atoms with van der Waals surface area (Å²) in [6, 6.07) is 10.7. The van der Waals surface area contributed by atoms with Crippen LogP contribution in [0.1, 0.15) is 24.0 Å². The van der Waals surface area contributed by atoms with Crippen molar-refractivity contribution < 1.29 is 19.0 Å². The number of benzene rings is 2. The van der Waals surface area contributed by atoms with Gasteiger partial charge in [0.15, 0.2) is 10.9 Å². The molecule has 32 heavy (non-hydrogen) atoms. The Morgan fingerprint density at radius 3 is 2.75 bits per heavy atom. The second-order valence-corrected chi connectivity index (χ2v) is 8.65. The van der Waals surface area contributed by atoms with Crippen LogP contribution in [0.25, 0.3) is 6.08 Å². The van der Waals surface area contributed by atoms with Gasteiger partial charge in [0.05, 0.1) is 29.8 Å². The third-order valence-electron chi connectivity index (χ3n) is 5.28. The predicted molar refractivity (Wildman–Crippen MR) is 128 cm³/mol. The summed E-state index contributed by atoms with van der Waals surface area (Å²) in [7, 11) is 1.59. The van der Waals surface area contributed by atoms with Gasteiger partial charge in [-0.3, -0.25) is 9.69 Å². The highest BCUT2D eigenvalue weighted by atomic mass is 35.5. The summed E-state index contributed by atoms with van der Waals surface area (Å²) in [5.74, 6) is 0.892. The first kappa shape index (κ1) is 22.9. The van der Waals surface area contributed by atoms with E-state index >= 15 is 0 Å². The van der Waals surface area contributed by atoms with Gasteiger partial charge in [0.1, 0.15) is 18.1 Å². The number of hydrogen-bond acceptors (Lipinski definition) is 5. The van der Waals surface area contributed by atoms with Crippen molar-refractivity contribution in [2.45, 2.75) is 25.6 Å². The molecule has 1 atom stereocenters. The molecule has 0 aromatic heterocycles. The summed E-state index contributed by atoms with van der Waals surface area (Å²) in [6.45, 7) is 1.38. The Labute approximate surface area is 202 Å². The summed E-state index contributed by atoms with van der Waals surface area (Å²) >= 11 is 17.8. The molecular weight excluding hydrogens is 471 g/mol. The van der Waals surface area contributed by atoms with Gasteiger partial charge in [0.25, 0.3) is 5.91 Å². The van der Waals surface area contributed by atoms with E-state index in [0.717, 1.165) is 30.6 Å². The van der Waals surface area contributed by atoms with Gasteiger partial charge in [-0.1, -0.05) is 35.3 Å². The minimum atomic E-state index is -0.165. The molecular formula is C23H22Cl2N2O4S. The lowest BCUT2D eigenvalue weighted by molar-refractivity contribution is -0.123. The van der Waals surface area contributed by atoms with Crippen molar-refractivity contribution in [3.8, 4) is 11.5 Å². The molecule has 6 nitrogen and oxygen atoms in total. The van der Waals surface area contributed by atoms with Gasteiger partial charge in [0.2, 0.25) is 0 Å². The molecule has 1 unspecified atom stereocenters. The third-order valence-corrected chi connectivity index (χ3v) is 6.20. The Morgan fingerprint density at radius 1 is 1.28 bits per heavy atom. The molecule has 1 N–H and O–H groups in total. The normalized spacial score (nSPS) is 19.5. The second kappa shape index (κ2) is 10.1. The van der Waals surface area contributed by atoms with E-state index in [2.05, 4.69) is 5.32 Å². The fourth-order valence-corrected chi connectivity index (χ4v) is 4.44. The highest BCUT2D eigenvalue weighted by molar-refractivity contribution is 7.80. The van der Waals surface area contributed by atoms with Crippen molar-refractivity contribution in [3.05, 3.63) is 63.3 Å². The molecule has 2 fully saturated rings. The maximum atomic E-state index is 12.9. The first-order chi connectivity index (χ1) is 15.5. The standard InChI is InChI=1S/C23H22Cl2N2O4S/c1-29-20-8-7-14(10-15(20)13-31-21-17(24)5-2-6-18(21)25)11-19-22(28)27(23(32)26-19)12-16-4-3-9-30-16/h2,5-8,10-11,16H,3-4,9,12-13H2,1H3,(H,26,32)/b19-11+. The van der Waals surface area contributed by atoms with Crippen LogP contribution in [0.4, 0.5) is 0 Å². The maximum absolute atomic E-state index is 12.9. The number of ether oxygens (including phenoxy) is 3. The number of nitrogens with zero attached hydrogens (tertiary/aromatic N) is 1. The van der Waals surface area contributed by atoms with E-state index in [4.69, 9.17) is 49.6 Å². The molecule has 4 rings (SSSR count). The zero-order valence-electron chi connectivity index (χ0n) is 17.4. The number of rotatable bonds is 7. The molecule has 2 aliphatic rings. The lowest BCUT2D eigenvalue weighted by Gasteiger charge is -2.18. The molecule has 9 heteroatoms. The molecule has 2 saturated heterocycles. The molecule has 0 spiro atoms. The second-order valence-electron chi connectivity index (χ2n) is 7.45. The number of carbonyl (C=O) groups excluding carboxylic acids is 1. The van der Waals surface area contributed by atoms with Crippen LogP contribution < -0.4 is 14.8 Å². The third kappa shape index (κ3) is 5.02. The quantitative estimate of drug-likeness (QED) is 0.441. The van der Waals surface area contributed by atoms with E-state index in [0.29, 0.717) is 38.9 Å². The van der Waals surface area contributed by atoms with Crippen LogP contribution >= 0.6 is 35.4 Å². The summed E-state index contributed by atoms with van der Waals surface area (Å²) in [6.07, 6.45) is 3.73. The van der Waals surface area contributed by atoms with Crippen molar-refractivity contribution in [2.24, 2.45) is 0 Å². The van der Waals surface area contributed by atoms with Crippen molar-refractivity contribution in [1.82, 2.24) is 10.2 Å².